The molecule has 0 saturated heterocycles. The van der Waals surface area contributed by atoms with E-state index in [4.69, 9.17) is 4.74 Å². The number of rotatable bonds is 7. The van der Waals surface area contributed by atoms with Gasteiger partial charge in [-0.05, 0) is 32.8 Å². The minimum absolute atomic E-state index is 0.151. The second-order valence-electron chi connectivity index (χ2n) is 5.01. The molecule has 1 N–H and O–H groups in total. The molecule has 130 valence electrons. The number of hydrogen-bond donors (Lipinski definition) is 1. The molecule has 0 unspecified atom stereocenters. The quantitative estimate of drug-likeness (QED) is 0.570. The number of nitrogens with zero attached hydrogens (tertiary/aromatic N) is 1. The van der Waals surface area contributed by atoms with Gasteiger partial charge in [0.25, 0.3) is 0 Å². The zero-order valence-electron chi connectivity index (χ0n) is 14.1. The summed E-state index contributed by atoms with van der Waals surface area (Å²) in [6.07, 6.45) is 0.722. The van der Waals surface area contributed by atoms with Crippen LogP contribution in [0.5, 0.6) is 0 Å². The van der Waals surface area contributed by atoms with Crippen molar-refractivity contribution in [3.8, 4) is 0 Å². The number of anilines is 1. The number of hydrogen-bond acceptors (Lipinski definition) is 7. The minimum atomic E-state index is -0.378. The maximum Gasteiger partial charge on any atom is 0.341 e. The van der Waals surface area contributed by atoms with E-state index in [0.29, 0.717) is 17.2 Å². The molecular weight excluding hydrogens is 364 g/mol. The normalized spacial score (nSPS) is 10.7. The average Bonchev–Trinajstić information content (AvgIpc) is 3.08. The highest BCUT2D eigenvalue weighted by molar-refractivity contribution is 8.01. The molecular formula is C16H20N2O3S3. The van der Waals surface area contributed by atoms with Gasteiger partial charge in [-0.25, -0.2) is 9.78 Å². The predicted molar refractivity (Wildman–Crippen MR) is 101 cm³/mol. The van der Waals surface area contributed by atoms with Crippen LogP contribution >= 0.6 is 34.4 Å². The third-order valence-corrected chi connectivity index (χ3v) is 6.42. The van der Waals surface area contributed by atoms with E-state index in [0.717, 1.165) is 26.9 Å². The number of esters is 1. The Hall–Kier alpha value is -1.38. The summed E-state index contributed by atoms with van der Waals surface area (Å²) in [5.41, 5.74) is 2.39. The van der Waals surface area contributed by atoms with Crippen molar-refractivity contribution in [2.75, 3.05) is 17.7 Å². The van der Waals surface area contributed by atoms with Gasteiger partial charge < -0.3 is 10.1 Å². The van der Waals surface area contributed by atoms with Crippen LogP contribution in [0.3, 0.4) is 0 Å². The number of nitrogens with one attached hydrogen (secondary N) is 1. The van der Waals surface area contributed by atoms with Crippen LogP contribution in [0.2, 0.25) is 0 Å². The number of thiophene rings is 1. The number of aromatic nitrogens is 1. The summed E-state index contributed by atoms with van der Waals surface area (Å²) in [4.78, 5) is 29.8. The van der Waals surface area contributed by atoms with Crippen LogP contribution in [0.25, 0.3) is 0 Å². The van der Waals surface area contributed by atoms with Crippen LogP contribution in [0.15, 0.2) is 9.72 Å². The number of carbonyl (C=O) groups is 2. The lowest BCUT2D eigenvalue weighted by atomic mass is 10.1. The molecule has 0 aliphatic rings. The lowest BCUT2D eigenvalue weighted by Crippen LogP contribution is -2.16. The Morgan fingerprint density at radius 2 is 2.08 bits per heavy atom. The standard InChI is InChI=1S/C16H20N2O3S3/c1-5-11-10(4)24-14(13(11)15(20)21-6-2)18-12(19)8-23-16-17-9(3)7-22-16/h7H,5-6,8H2,1-4H3,(H,18,19). The summed E-state index contributed by atoms with van der Waals surface area (Å²) in [6.45, 7) is 7.95. The van der Waals surface area contributed by atoms with Gasteiger partial charge in [0.2, 0.25) is 5.91 Å². The van der Waals surface area contributed by atoms with E-state index in [-0.39, 0.29) is 17.6 Å². The summed E-state index contributed by atoms with van der Waals surface area (Å²) < 4.78 is 6.01. The molecule has 2 rings (SSSR count). The Bertz CT molecular complexity index is 737. The van der Waals surface area contributed by atoms with E-state index in [1.54, 1.807) is 6.92 Å². The molecule has 0 fully saturated rings. The molecule has 0 saturated carbocycles. The minimum Gasteiger partial charge on any atom is -0.462 e. The molecule has 8 heteroatoms. The second kappa shape index (κ2) is 8.64. The number of amides is 1. The van der Waals surface area contributed by atoms with Gasteiger partial charge in [0.15, 0.2) is 4.34 Å². The second-order valence-corrected chi connectivity index (χ2v) is 8.31. The predicted octanol–water partition coefficient (Wildman–Crippen LogP) is 4.29. The molecule has 2 heterocycles. The molecule has 0 bridgehead atoms. The van der Waals surface area contributed by atoms with Crippen LogP contribution in [0, 0.1) is 13.8 Å². The van der Waals surface area contributed by atoms with Crippen molar-refractivity contribution in [2.45, 2.75) is 38.5 Å². The van der Waals surface area contributed by atoms with E-state index in [9.17, 15) is 9.59 Å². The summed E-state index contributed by atoms with van der Waals surface area (Å²) in [5, 5.41) is 5.38. The molecule has 0 aliphatic carbocycles. The number of thiazole rings is 1. The highest BCUT2D eigenvalue weighted by Gasteiger charge is 2.23. The Labute approximate surface area is 153 Å². The monoisotopic (exact) mass is 384 g/mol. The van der Waals surface area contributed by atoms with Gasteiger partial charge in [-0.2, -0.15) is 0 Å². The Balaban J connectivity index is 2.10. The average molecular weight is 385 g/mol. The number of carbonyl (C=O) groups excluding carboxylic acids is 2. The molecule has 0 aliphatic heterocycles. The summed E-state index contributed by atoms with van der Waals surface area (Å²) >= 11 is 4.34. The first-order chi connectivity index (χ1) is 11.5. The molecule has 5 nitrogen and oxygen atoms in total. The SMILES string of the molecule is CCOC(=O)c1c(NC(=O)CSc2nc(C)cs2)sc(C)c1CC. The molecule has 2 aromatic heterocycles. The molecule has 24 heavy (non-hydrogen) atoms. The van der Waals surface area contributed by atoms with Crippen LogP contribution in [-0.4, -0.2) is 29.2 Å². The maximum absolute atomic E-state index is 12.2. The topological polar surface area (TPSA) is 68.3 Å². The fraction of sp³-hybridized carbons (Fsp3) is 0.438. The number of aryl methyl sites for hydroxylation is 2. The van der Waals surface area contributed by atoms with Crippen molar-refractivity contribution in [2.24, 2.45) is 0 Å². The van der Waals surface area contributed by atoms with Crippen LogP contribution < -0.4 is 5.32 Å². The fourth-order valence-corrected chi connectivity index (χ4v) is 5.00. The van der Waals surface area contributed by atoms with E-state index < -0.39 is 0 Å². The fourth-order valence-electron chi connectivity index (χ4n) is 2.20. The first-order valence-electron chi connectivity index (χ1n) is 7.60. The summed E-state index contributed by atoms with van der Waals surface area (Å²) in [5.74, 6) is -0.271. The first-order valence-corrected chi connectivity index (χ1v) is 10.3. The van der Waals surface area contributed by atoms with Crippen molar-refractivity contribution in [1.82, 2.24) is 4.98 Å². The van der Waals surface area contributed by atoms with Gasteiger partial charge in [0.1, 0.15) is 5.00 Å². The Morgan fingerprint density at radius 1 is 1.33 bits per heavy atom. The highest BCUT2D eigenvalue weighted by atomic mass is 32.2. The zero-order valence-corrected chi connectivity index (χ0v) is 16.5. The summed E-state index contributed by atoms with van der Waals surface area (Å²) in [6, 6.07) is 0. The molecule has 0 atom stereocenters. The molecule has 0 radical (unpaired) electrons. The van der Waals surface area contributed by atoms with Crippen LogP contribution in [0.4, 0.5) is 5.00 Å². The van der Waals surface area contributed by atoms with Gasteiger partial charge in [-0.3, -0.25) is 4.79 Å². The number of thioether (sulfide) groups is 1. The van der Waals surface area contributed by atoms with E-state index in [2.05, 4.69) is 10.3 Å². The van der Waals surface area contributed by atoms with E-state index >= 15 is 0 Å². The van der Waals surface area contributed by atoms with Crippen molar-refractivity contribution < 1.29 is 14.3 Å². The van der Waals surface area contributed by atoms with Gasteiger partial charge in [0, 0.05) is 16.0 Å². The Kier molecular flexibility index (Phi) is 6.82. The summed E-state index contributed by atoms with van der Waals surface area (Å²) in [7, 11) is 0. The number of ether oxygens (including phenoxy) is 1. The van der Waals surface area contributed by atoms with E-state index in [1.807, 2.05) is 26.2 Å². The molecule has 0 spiro atoms. The lowest BCUT2D eigenvalue weighted by Gasteiger charge is -2.07. The maximum atomic E-state index is 12.2. The largest absolute Gasteiger partial charge is 0.462 e. The Morgan fingerprint density at radius 3 is 2.67 bits per heavy atom. The molecule has 1 amide bonds. The highest BCUT2D eigenvalue weighted by Crippen LogP contribution is 2.34. The van der Waals surface area contributed by atoms with Gasteiger partial charge >= 0.3 is 5.97 Å². The van der Waals surface area contributed by atoms with Gasteiger partial charge in [-0.1, -0.05) is 18.7 Å². The molecule has 0 aromatic carbocycles. The van der Waals surface area contributed by atoms with Crippen molar-refractivity contribution in [3.63, 3.8) is 0 Å². The zero-order chi connectivity index (χ0) is 17.7. The lowest BCUT2D eigenvalue weighted by molar-refractivity contribution is -0.113. The van der Waals surface area contributed by atoms with E-state index in [1.165, 1.54) is 34.4 Å². The van der Waals surface area contributed by atoms with Crippen LogP contribution in [0.1, 0.15) is 40.3 Å². The smallest absolute Gasteiger partial charge is 0.341 e. The van der Waals surface area contributed by atoms with Gasteiger partial charge in [0.05, 0.1) is 17.9 Å². The van der Waals surface area contributed by atoms with Crippen LogP contribution in [-0.2, 0) is 16.0 Å². The molecule has 2 aromatic rings. The van der Waals surface area contributed by atoms with Gasteiger partial charge in [-0.15, -0.1) is 22.7 Å². The van der Waals surface area contributed by atoms with Crippen molar-refractivity contribution >= 4 is 51.3 Å². The van der Waals surface area contributed by atoms with Crippen molar-refractivity contribution in [1.29, 1.82) is 0 Å². The third kappa shape index (κ3) is 4.58. The van der Waals surface area contributed by atoms with Crippen molar-refractivity contribution in [3.05, 3.63) is 27.1 Å². The third-order valence-electron chi connectivity index (χ3n) is 3.22. The first kappa shape index (κ1) is 19.0.